The van der Waals surface area contributed by atoms with E-state index in [-0.39, 0.29) is 10.1 Å². The third kappa shape index (κ3) is 4.78. The average Bonchev–Trinajstić information content (AvgIpc) is 3.07. The standard InChI is InChI=1S/C24H17Cl2NO4S/c1-30-22-16(3-2-4-20(22)31-14-15-5-7-17(25)8-6-15)13-21-23(28)27(24(29)32-21)19-11-9-18(26)10-12-19/h2-13H,14H2,1H3/b21-13-. The molecule has 1 heterocycles. The third-order valence-corrected chi connectivity index (χ3v) is 6.06. The van der Waals surface area contributed by atoms with Gasteiger partial charge in [0.05, 0.1) is 17.7 Å². The van der Waals surface area contributed by atoms with Crippen LogP contribution in [0.5, 0.6) is 11.5 Å². The Hall–Kier alpha value is -2.93. The van der Waals surface area contributed by atoms with Crippen LogP contribution in [0, 0.1) is 0 Å². The molecule has 1 saturated heterocycles. The monoisotopic (exact) mass is 485 g/mol. The lowest BCUT2D eigenvalue weighted by Gasteiger charge is -2.14. The van der Waals surface area contributed by atoms with Crippen molar-refractivity contribution in [3.8, 4) is 11.5 Å². The van der Waals surface area contributed by atoms with Gasteiger partial charge in [-0.3, -0.25) is 9.59 Å². The lowest BCUT2D eigenvalue weighted by Crippen LogP contribution is -2.27. The largest absolute Gasteiger partial charge is 0.492 e. The Morgan fingerprint density at radius 1 is 0.938 bits per heavy atom. The van der Waals surface area contributed by atoms with Crippen molar-refractivity contribution in [3.63, 3.8) is 0 Å². The first-order chi connectivity index (χ1) is 15.5. The number of benzene rings is 3. The Labute approximate surface area is 199 Å². The highest BCUT2D eigenvalue weighted by molar-refractivity contribution is 8.19. The van der Waals surface area contributed by atoms with E-state index >= 15 is 0 Å². The maximum atomic E-state index is 12.9. The van der Waals surface area contributed by atoms with Crippen LogP contribution in [-0.2, 0) is 11.4 Å². The molecule has 0 saturated carbocycles. The number of amides is 2. The lowest BCUT2D eigenvalue weighted by molar-refractivity contribution is -0.113. The molecule has 2 amide bonds. The summed E-state index contributed by atoms with van der Waals surface area (Å²) < 4.78 is 11.5. The van der Waals surface area contributed by atoms with Gasteiger partial charge in [-0.05, 0) is 65.9 Å². The molecule has 8 heteroatoms. The molecule has 0 aromatic heterocycles. The fraction of sp³-hybridized carbons (Fsp3) is 0.0833. The highest BCUT2D eigenvalue weighted by Crippen LogP contribution is 2.39. The predicted molar refractivity (Wildman–Crippen MR) is 129 cm³/mol. The molecule has 32 heavy (non-hydrogen) atoms. The fourth-order valence-corrected chi connectivity index (χ4v) is 4.23. The number of carbonyl (C=O) groups excluding carboxylic acids is 2. The van der Waals surface area contributed by atoms with Crippen LogP contribution in [0.4, 0.5) is 10.5 Å². The second kappa shape index (κ2) is 9.69. The predicted octanol–water partition coefficient (Wildman–Crippen LogP) is 6.82. The van der Waals surface area contributed by atoms with Gasteiger partial charge in [0.15, 0.2) is 11.5 Å². The van der Waals surface area contributed by atoms with Crippen molar-refractivity contribution in [2.75, 3.05) is 12.0 Å². The fourth-order valence-electron chi connectivity index (χ4n) is 3.14. The summed E-state index contributed by atoms with van der Waals surface area (Å²) in [6, 6.07) is 19.3. The molecule has 0 unspecified atom stereocenters. The van der Waals surface area contributed by atoms with Crippen LogP contribution in [0.25, 0.3) is 6.08 Å². The number of anilines is 1. The van der Waals surface area contributed by atoms with Gasteiger partial charge in [-0.25, -0.2) is 4.90 Å². The number of hydrogen-bond acceptors (Lipinski definition) is 5. The van der Waals surface area contributed by atoms with Crippen LogP contribution < -0.4 is 14.4 Å². The SMILES string of the molecule is COc1c(/C=C2\SC(=O)N(c3ccc(Cl)cc3)C2=O)cccc1OCc1ccc(Cl)cc1. The van der Waals surface area contributed by atoms with E-state index in [4.69, 9.17) is 32.7 Å². The second-order valence-corrected chi connectivity index (χ2v) is 8.65. The zero-order valence-electron chi connectivity index (χ0n) is 16.9. The minimum Gasteiger partial charge on any atom is -0.492 e. The summed E-state index contributed by atoms with van der Waals surface area (Å²) in [7, 11) is 1.53. The molecule has 0 bridgehead atoms. The smallest absolute Gasteiger partial charge is 0.298 e. The third-order valence-electron chi connectivity index (χ3n) is 4.69. The number of nitrogens with zero attached hydrogens (tertiary/aromatic N) is 1. The first-order valence-electron chi connectivity index (χ1n) is 9.54. The van der Waals surface area contributed by atoms with E-state index in [2.05, 4.69) is 0 Å². The Balaban J connectivity index is 1.58. The zero-order chi connectivity index (χ0) is 22.7. The van der Waals surface area contributed by atoms with E-state index in [0.717, 1.165) is 22.2 Å². The number of ether oxygens (including phenoxy) is 2. The molecule has 0 atom stereocenters. The van der Waals surface area contributed by atoms with E-state index in [9.17, 15) is 9.59 Å². The molecule has 1 aliphatic heterocycles. The molecular formula is C24H17Cl2NO4S. The first kappa shape index (κ1) is 22.3. The van der Waals surface area contributed by atoms with Crippen LogP contribution in [0.2, 0.25) is 10.0 Å². The topological polar surface area (TPSA) is 55.8 Å². The molecule has 0 N–H and O–H groups in total. The van der Waals surface area contributed by atoms with Gasteiger partial charge in [-0.15, -0.1) is 0 Å². The van der Waals surface area contributed by atoms with E-state index in [0.29, 0.717) is 39.4 Å². The Morgan fingerprint density at radius 2 is 1.59 bits per heavy atom. The zero-order valence-corrected chi connectivity index (χ0v) is 19.2. The highest BCUT2D eigenvalue weighted by atomic mass is 35.5. The second-order valence-electron chi connectivity index (χ2n) is 6.79. The number of rotatable bonds is 6. The molecule has 3 aromatic rings. The van der Waals surface area contributed by atoms with E-state index < -0.39 is 5.91 Å². The summed E-state index contributed by atoms with van der Waals surface area (Å²) in [5.41, 5.74) is 2.04. The van der Waals surface area contributed by atoms with E-state index in [1.165, 1.54) is 7.11 Å². The van der Waals surface area contributed by atoms with Crippen molar-refractivity contribution in [3.05, 3.63) is 92.8 Å². The van der Waals surface area contributed by atoms with Crippen LogP contribution in [0.3, 0.4) is 0 Å². The molecule has 1 aliphatic rings. The summed E-state index contributed by atoms with van der Waals surface area (Å²) >= 11 is 12.7. The average molecular weight is 486 g/mol. The number of carbonyl (C=O) groups is 2. The van der Waals surface area contributed by atoms with Crippen molar-refractivity contribution < 1.29 is 19.1 Å². The first-order valence-corrected chi connectivity index (χ1v) is 11.1. The number of thioether (sulfide) groups is 1. The molecule has 1 fully saturated rings. The number of methoxy groups -OCH3 is 1. The Morgan fingerprint density at radius 3 is 2.25 bits per heavy atom. The summed E-state index contributed by atoms with van der Waals surface area (Å²) in [5.74, 6) is 0.588. The maximum Gasteiger partial charge on any atom is 0.298 e. The van der Waals surface area contributed by atoms with Gasteiger partial charge in [0.25, 0.3) is 11.1 Å². The number of halogens is 2. The van der Waals surface area contributed by atoms with Gasteiger partial charge < -0.3 is 9.47 Å². The quantitative estimate of drug-likeness (QED) is 0.358. The van der Waals surface area contributed by atoms with Crippen molar-refractivity contribution >= 4 is 57.9 Å². The number of hydrogen-bond donors (Lipinski definition) is 0. The normalized spacial score (nSPS) is 14.8. The summed E-state index contributed by atoms with van der Waals surface area (Å²) in [6.07, 6.45) is 1.63. The van der Waals surface area contributed by atoms with Crippen molar-refractivity contribution in [2.45, 2.75) is 6.61 Å². The van der Waals surface area contributed by atoms with Gasteiger partial charge in [-0.1, -0.05) is 47.5 Å². The van der Waals surface area contributed by atoms with Crippen molar-refractivity contribution in [2.24, 2.45) is 0 Å². The molecule has 5 nitrogen and oxygen atoms in total. The maximum absolute atomic E-state index is 12.9. The van der Waals surface area contributed by atoms with Crippen LogP contribution in [-0.4, -0.2) is 18.3 Å². The van der Waals surface area contributed by atoms with Gasteiger partial charge in [-0.2, -0.15) is 0 Å². The van der Waals surface area contributed by atoms with Gasteiger partial charge in [0.2, 0.25) is 0 Å². The van der Waals surface area contributed by atoms with Crippen molar-refractivity contribution in [1.82, 2.24) is 0 Å². The number of para-hydroxylation sites is 1. The molecule has 0 radical (unpaired) electrons. The minimum absolute atomic E-state index is 0.290. The molecule has 162 valence electrons. The van der Waals surface area contributed by atoms with Crippen LogP contribution >= 0.6 is 35.0 Å². The summed E-state index contributed by atoms with van der Waals surface area (Å²) in [5, 5.41) is 0.801. The summed E-state index contributed by atoms with van der Waals surface area (Å²) in [4.78, 5) is 26.8. The molecule has 3 aromatic carbocycles. The van der Waals surface area contributed by atoms with Crippen molar-refractivity contribution in [1.29, 1.82) is 0 Å². The highest BCUT2D eigenvalue weighted by Gasteiger charge is 2.36. The number of imide groups is 1. The molecule has 0 spiro atoms. The lowest BCUT2D eigenvalue weighted by atomic mass is 10.1. The minimum atomic E-state index is -0.406. The van der Waals surface area contributed by atoms with Gasteiger partial charge in [0, 0.05) is 15.6 Å². The van der Waals surface area contributed by atoms with E-state index in [1.54, 1.807) is 60.7 Å². The Kier molecular flexibility index (Phi) is 6.74. The molecule has 0 aliphatic carbocycles. The van der Waals surface area contributed by atoms with Gasteiger partial charge in [0.1, 0.15) is 6.61 Å². The summed E-state index contributed by atoms with van der Waals surface area (Å²) in [6.45, 7) is 0.323. The van der Waals surface area contributed by atoms with Crippen LogP contribution in [0.15, 0.2) is 71.6 Å². The van der Waals surface area contributed by atoms with E-state index in [1.807, 2.05) is 12.1 Å². The molecular weight excluding hydrogens is 469 g/mol. The Bertz CT molecular complexity index is 1190. The van der Waals surface area contributed by atoms with Gasteiger partial charge >= 0.3 is 0 Å². The van der Waals surface area contributed by atoms with Crippen LogP contribution in [0.1, 0.15) is 11.1 Å². The molecule has 4 rings (SSSR count).